The van der Waals surface area contributed by atoms with Crippen molar-refractivity contribution in [3.8, 4) is 0 Å². The van der Waals surface area contributed by atoms with Crippen molar-refractivity contribution in [1.29, 1.82) is 0 Å². The summed E-state index contributed by atoms with van der Waals surface area (Å²) < 4.78 is 3.85. The van der Waals surface area contributed by atoms with E-state index in [9.17, 15) is 0 Å². The summed E-state index contributed by atoms with van der Waals surface area (Å²) in [6.45, 7) is 9.06. The van der Waals surface area contributed by atoms with Crippen LogP contribution in [0.3, 0.4) is 0 Å². The minimum atomic E-state index is 0.969. The van der Waals surface area contributed by atoms with Gasteiger partial charge in [-0.05, 0) is 0 Å². The fourth-order valence-corrected chi connectivity index (χ4v) is 0.224. The Kier molecular flexibility index (Phi) is 21.4. The van der Waals surface area contributed by atoms with E-state index in [1.165, 1.54) is 20.9 Å². The van der Waals surface area contributed by atoms with Crippen LogP contribution < -0.4 is 0 Å². The molecule has 0 fully saturated rings. The van der Waals surface area contributed by atoms with Gasteiger partial charge in [-0.2, -0.15) is 13.1 Å². The molecule has 2 nitrogen and oxygen atoms in total. The van der Waals surface area contributed by atoms with Crippen molar-refractivity contribution < 1.29 is 20.9 Å². The van der Waals surface area contributed by atoms with Gasteiger partial charge in [0.15, 0.2) is 0 Å². The van der Waals surface area contributed by atoms with Crippen LogP contribution in [0.2, 0.25) is 0 Å². The first-order valence-electron chi connectivity index (χ1n) is 3.27. The minimum absolute atomic E-state index is 0.969. The first-order valence-corrected chi connectivity index (χ1v) is 4.71. The summed E-state index contributed by atoms with van der Waals surface area (Å²) in [5.41, 5.74) is 0. The fraction of sp³-hybridized carbons (Fsp3) is 1.00. The van der Waals surface area contributed by atoms with Gasteiger partial charge in [-0.3, -0.25) is 0 Å². The van der Waals surface area contributed by atoms with Gasteiger partial charge in [0.2, 0.25) is 0 Å². The van der Waals surface area contributed by atoms with Crippen LogP contribution in [0.25, 0.3) is 5.32 Å². The molecule has 0 aliphatic heterocycles. The van der Waals surface area contributed by atoms with Crippen molar-refractivity contribution in [2.24, 2.45) is 3.34 Å². The Hall–Kier alpha value is 0.500. The Morgan fingerprint density at radius 3 is 1.56 bits per heavy atom. The molecule has 0 radical (unpaired) electrons. The van der Waals surface area contributed by atoms with Gasteiger partial charge >= 0.3 is 37.7 Å². The molecule has 0 atom stereocenters. The van der Waals surface area contributed by atoms with Crippen LogP contribution in [0, 0.1) is 0 Å². The summed E-state index contributed by atoms with van der Waals surface area (Å²) in [4.78, 5) is 0. The topological polar surface area (TPSA) is 26.5 Å². The first kappa shape index (κ1) is 12.2. The van der Waals surface area contributed by atoms with Crippen LogP contribution in [-0.4, -0.2) is 19.6 Å². The quantitative estimate of drug-likeness (QED) is 0.763. The summed E-state index contributed by atoms with van der Waals surface area (Å²) in [7, 11) is 0. The fourth-order valence-electron chi connectivity index (χ4n) is 0.224. The van der Waals surface area contributed by atoms with Gasteiger partial charge in [-0.15, -0.1) is 0 Å². The average molecular weight is 296 g/mol. The Balaban J connectivity index is 0. The van der Waals surface area contributed by atoms with E-state index in [0.29, 0.717) is 0 Å². The van der Waals surface area contributed by atoms with Crippen LogP contribution in [0.4, 0.5) is 0 Å². The average Bonchev–Trinajstić information content (AvgIpc) is 1.91. The van der Waals surface area contributed by atoms with E-state index in [2.05, 4.69) is 8.65 Å². The van der Waals surface area contributed by atoms with Gasteiger partial charge in [-0.25, -0.2) is 0 Å². The molecule has 0 saturated heterocycles. The molecular weight excluding hydrogens is 281 g/mol. The van der Waals surface area contributed by atoms with Crippen molar-refractivity contribution >= 4 is 0 Å². The van der Waals surface area contributed by atoms with E-state index in [-0.39, 0.29) is 0 Å². The number of rotatable bonds is 3. The van der Waals surface area contributed by atoms with E-state index in [4.69, 9.17) is 0 Å². The molecule has 0 aromatic carbocycles. The second-order valence-electron chi connectivity index (χ2n) is 1.31. The number of nitrogens with zero attached hydrogens (tertiary/aromatic N) is 2. The second kappa shape index (κ2) is 15.8. The zero-order chi connectivity index (χ0) is 7.54. The van der Waals surface area contributed by atoms with Gasteiger partial charge in [0.25, 0.3) is 0 Å². The van der Waals surface area contributed by atoms with Crippen LogP contribution in [0.5, 0.6) is 0 Å². The zero-order valence-corrected chi connectivity index (χ0v) is 9.68. The van der Waals surface area contributed by atoms with Gasteiger partial charge in [0.1, 0.15) is 0 Å². The molecule has 0 heterocycles. The third-order valence-corrected chi connectivity index (χ3v) is 1.60. The monoisotopic (exact) mass is 296 g/mol. The maximum absolute atomic E-state index is 3.97. The normalized spacial score (nSPS) is 7.33. The van der Waals surface area contributed by atoms with E-state index in [1.54, 1.807) is 0 Å². The molecule has 0 N–H and O–H groups in total. The van der Waals surface area contributed by atoms with E-state index in [0.717, 1.165) is 19.6 Å². The second-order valence-corrected chi connectivity index (χ2v) is 2.33. The number of hydrogen-bond donors (Lipinski definition) is 0. The Morgan fingerprint density at radius 1 is 1.22 bits per heavy atom. The molecule has 0 saturated carbocycles. The summed E-state index contributed by atoms with van der Waals surface area (Å²) in [6.07, 6.45) is 0. The van der Waals surface area contributed by atoms with E-state index in [1.807, 2.05) is 20.8 Å². The molecule has 0 bridgehead atoms. The van der Waals surface area contributed by atoms with Gasteiger partial charge in [0, 0.05) is 0 Å². The third-order valence-electron chi connectivity index (χ3n) is 0.589. The third kappa shape index (κ3) is 29.3. The van der Waals surface area contributed by atoms with Gasteiger partial charge in [0.05, 0.1) is 0 Å². The molecular formula is C6H15N2Ta-. The Morgan fingerprint density at radius 2 is 1.56 bits per heavy atom. The summed E-state index contributed by atoms with van der Waals surface area (Å²) in [5.74, 6) is 0. The molecule has 0 aromatic rings. The maximum atomic E-state index is 3.97. The molecule has 0 unspecified atom stereocenters. The van der Waals surface area contributed by atoms with Crippen molar-refractivity contribution in [2.45, 2.75) is 20.8 Å². The zero-order valence-electron chi connectivity index (χ0n) is 6.46. The molecule has 55 valence electrons. The number of hydrogen-bond acceptors (Lipinski definition) is 1. The van der Waals surface area contributed by atoms with Crippen molar-refractivity contribution in [3.63, 3.8) is 0 Å². The van der Waals surface area contributed by atoms with Crippen molar-refractivity contribution in [1.82, 2.24) is 0 Å². The summed E-state index contributed by atoms with van der Waals surface area (Å²) in [6, 6.07) is 0. The summed E-state index contributed by atoms with van der Waals surface area (Å²) >= 11 is 1.17. The van der Waals surface area contributed by atoms with Crippen molar-refractivity contribution in [2.75, 3.05) is 19.6 Å². The van der Waals surface area contributed by atoms with Crippen LogP contribution in [0.1, 0.15) is 20.8 Å². The van der Waals surface area contributed by atoms with Crippen molar-refractivity contribution in [3.05, 3.63) is 5.32 Å². The van der Waals surface area contributed by atoms with Crippen LogP contribution in [-0.2, 0) is 20.9 Å². The predicted molar refractivity (Wildman–Crippen MR) is 37.4 cm³/mol. The summed E-state index contributed by atoms with van der Waals surface area (Å²) in [5, 5.41) is 3.97. The molecule has 0 aliphatic rings. The molecule has 0 aromatic heterocycles. The molecule has 0 rings (SSSR count). The molecule has 9 heavy (non-hydrogen) atoms. The van der Waals surface area contributed by atoms with Gasteiger partial charge < -0.3 is 5.32 Å². The van der Waals surface area contributed by atoms with Crippen LogP contribution >= 0.6 is 0 Å². The van der Waals surface area contributed by atoms with Crippen LogP contribution in [0.15, 0.2) is 3.34 Å². The molecule has 0 amide bonds. The van der Waals surface area contributed by atoms with E-state index < -0.39 is 0 Å². The standard InChI is InChI=1S/C4H10N.C2H5N.Ta/c1-3-5-4-2;1-2-3;/h3-4H2,1-2H3;2H2,1H3;/q-1;;. The SMILES string of the molecule is CC[N-]CC.CC[N]=[Ta]. The van der Waals surface area contributed by atoms with E-state index >= 15 is 0 Å². The Bertz CT molecular complexity index is 46.3. The molecule has 0 spiro atoms. The Labute approximate surface area is 70.2 Å². The predicted octanol–water partition coefficient (Wildman–Crippen LogP) is 2.14. The molecule has 0 aliphatic carbocycles. The first-order chi connectivity index (χ1) is 4.33. The molecule has 3 heteroatoms. The van der Waals surface area contributed by atoms with Gasteiger partial charge in [-0.1, -0.05) is 13.8 Å².